The average Bonchev–Trinajstić information content (AvgIpc) is 3.30. The molecule has 5 nitrogen and oxygen atoms in total. The van der Waals surface area contributed by atoms with Gasteiger partial charge >= 0.3 is 0 Å². The van der Waals surface area contributed by atoms with E-state index in [9.17, 15) is 9.59 Å². The van der Waals surface area contributed by atoms with Gasteiger partial charge in [-0.3, -0.25) is 9.59 Å². The number of hydrogen-bond acceptors (Lipinski definition) is 2. The van der Waals surface area contributed by atoms with E-state index in [-0.39, 0.29) is 24.3 Å². The molecule has 4 aromatic rings. The molecule has 1 N–H and O–H groups in total. The summed E-state index contributed by atoms with van der Waals surface area (Å²) in [6.45, 7) is 7.82. The molecule has 1 heterocycles. The van der Waals surface area contributed by atoms with Gasteiger partial charge in [0, 0.05) is 46.8 Å². The minimum Gasteiger partial charge on any atom is -0.361 e. The van der Waals surface area contributed by atoms with Gasteiger partial charge in [0.1, 0.15) is 6.54 Å². The number of carbonyl (C=O) groups excluding carboxylic acids is 2. The molecule has 0 aliphatic carbocycles. The van der Waals surface area contributed by atoms with Crippen molar-refractivity contribution < 1.29 is 9.59 Å². The first-order valence-electron chi connectivity index (χ1n) is 12.7. The van der Waals surface area contributed by atoms with Gasteiger partial charge in [0.05, 0.1) is 0 Å². The lowest BCUT2D eigenvalue weighted by atomic mass is 10.1. The molecular formula is C31H34BrN3O2. The highest BCUT2D eigenvalue weighted by Crippen LogP contribution is 2.20. The molecule has 0 bridgehead atoms. The summed E-state index contributed by atoms with van der Waals surface area (Å²) in [5.41, 5.74) is 5.12. The number of nitrogens with zero attached hydrogens (tertiary/aromatic N) is 2. The highest BCUT2D eigenvalue weighted by atomic mass is 79.9. The summed E-state index contributed by atoms with van der Waals surface area (Å²) in [5.74, 6) is 0.0666. The first-order valence-corrected chi connectivity index (χ1v) is 13.5. The molecule has 3 aromatic carbocycles. The predicted molar refractivity (Wildman–Crippen MR) is 153 cm³/mol. The Labute approximate surface area is 227 Å². The van der Waals surface area contributed by atoms with Gasteiger partial charge in [0.25, 0.3) is 5.91 Å². The van der Waals surface area contributed by atoms with Gasteiger partial charge in [-0.1, -0.05) is 77.8 Å². The van der Waals surface area contributed by atoms with Crippen LogP contribution in [0, 0.1) is 12.8 Å². The van der Waals surface area contributed by atoms with E-state index in [0.29, 0.717) is 25.2 Å². The fourth-order valence-corrected chi connectivity index (χ4v) is 4.76. The van der Waals surface area contributed by atoms with Crippen LogP contribution >= 0.6 is 15.9 Å². The number of para-hydroxylation sites is 1. The average molecular weight is 561 g/mol. The van der Waals surface area contributed by atoms with E-state index < -0.39 is 0 Å². The zero-order chi connectivity index (χ0) is 26.4. The zero-order valence-corrected chi connectivity index (χ0v) is 23.3. The Kier molecular flexibility index (Phi) is 8.82. The van der Waals surface area contributed by atoms with Crippen molar-refractivity contribution in [1.29, 1.82) is 0 Å². The van der Waals surface area contributed by atoms with Crippen LogP contribution in [-0.4, -0.2) is 46.2 Å². The van der Waals surface area contributed by atoms with E-state index in [4.69, 9.17) is 0 Å². The standard InChI is InChI=1S/C31H34BrN3O2/c1-22(2)19-35(31(37)25-12-14-27(32)15-13-25)21-30(36)34(20-24-10-8-23(3)9-11-24)17-16-26-18-33-29-7-5-4-6-28(26)29/h4-15,18,22,33H,16-17,19-21H2,1-3H3. The first-order chi connectivity index (χ1) is 17.8. The molecule has 6 heteroatoms. The normalized spacial score (nSPS) is 11.2. The first kappa shape index (κ1) is 26.7. The van der Waals surface area contributed by atoms with Gasteiger partial charge < -0.3 is 14.8 Å². The number of rotatable bonds is 10. The summed E-state index contributed by atoms with van der Waals surface area (Å²) in [6.07, 6.45) is 2.76. The summed E-state index contributed by atoms with van der Waals surface area (Å²) in [4.78, 5) is 34.0. The Morgan fingerprint density at radius 3 is 2.32 bits per heavy atom. The van der Waals surface area contributed by atoms with Crippen molar-refractivity contribution >= 4 is 38.6 Å². The van der Waals surface area contributed by atoms with Gasteiger partial charge in [-0.25, -0.2) is 0 Å². The highest BCUT2D eigenvalue weighted by molar-refractivity contribution is 9.10. The van der Waals surface area contributed by atoms with Crippen LogP contribution in [0.4, 0.5) is 0 Å². The molecule has 0 fully saturated rings. The Morgan fingerprint density at radius 2 is 1.62 bits per heavy atom. The molecule has 0 atom stereocenters. The zero-order valence-electron chi connectivity index (χ0n) is 21.7. The third kappa shape index (κ3) is 7.10. The van der Waals surface area contributed by atoms with Crippen LogP contribution < -0.4 is 0 Å². The summed E-state index contributed by atoms with van der Waals surface area (Å²) in [5, 5.41) is 1.18. The number of nitrogens with one attached hydrogen (secondary N) is 1. The van der Waals surface area contributed by atoms with Crippen LogP contribution in [0.2, 0.25) is 0 Å². The quantitative estimate of drug-likeness (QED) is 0.237. The Hall–Kier alpha value is -3.38. The number of H-pyrrole nitrogens is 1. The van der Waals surface area contributed by atoms with Crippen LogP contribution in [0.3, 0.4) is 0 Å². The van der Waals surface area contributed by atoms with Crippen molar-refractivity contribution in [3.63, 3.8) is 0 Å². The lowest BCUT2D eigenvalue weighted by molar-refractivity contribution is -0.132. The summed E-state index contributed by atoms with van der Waals surface area (Å²) in [6, 6.07) is 23.8. The number of hydrogen-bond donors (Lipinski definition) is 1. The SMILES string of the molecule is Cc1ccc(CN(CCc2c[nH]c3ccccc23)C(=O)CN(CC(C)C)C(=O)c2ccc(Br)cc2)cc1. The molecule has 2 amide bonds. The number of aromatic amines is 1. The number of halogens is 1. The Balaban J connectivity index is 1.55. The Morgan fingerprint density at radius 1 is 0.919 bits per heavy atom. The molecular weight excluding hydrogens is 526 g/mol. The second-order valence-electron chi connectivity index (χ2n) is 10.00. The predicted octanol–water partition coefficient (Wildman–Crippen LogP) is 6.61. The molecule has 0 aliphatic heterocycles. The van der Waals surface area contributed by atoms with Gasteiger partial charge in [-0.15, -0.1) is 0 Å². The fraction of sp³-hybridized carbons (Fsp3) is 0.290. The van der Waals surface area contributed by atoms with Crippen molar-refractivity contribution in [2.75, 3.05) is 19.6 Å². The fourth-order valence-electron chi connectivity index (χ4n) is 4.50. The largest absolute Gasteiger partial charge is 0.361 e. The number of aromatic nitrogens is 1. The monoisotopic (exact) mass is 559 g/mol. The van der Waals surface area contributed by atoms with Crippen LogP contribution in [0.5, 0.6) is 0 Å². The molecule has 1 aromatic heterocycles. The minimum atomic E-state index is -0.124. The smallest absolute Gasteiger partial charge is 0.254 e. The molecule has 0 spiro atoms. The molecule has 0 radical (unpaired) electrons. The maximum Gasteiger partial charge on any atom is 0.254 e. The second kappa shape index (κ2) is 12.2. The van der Waals surface area contributed by atoms with Crippen molar-refractivity contribution in [2.24, 2.45) is 5.92 Å². The molecule has 0 saturated heterocycles. The summed E-state index contributed by atoms with van der Waals surface area (Å²) in [7, 11) is 0. The van der Waals surface area contributed by atoms with Gasteiger partial charge in [0.2, 0.25) is 5.91 Å². The second-order valence-corrected chi connectivity index (χ2v) is 10.9. The number of fused-ring (bicyclic) bond motifs is 1. The van der Waals surface area contributed by atoms with Crippen LogP contribution in [-0.2, 0) is 17.8 Å². The van der Waals surface area contributed by atoms with E-state index in [1.165, 1.54) is 16.5 Å². The van der Waals surface area contributed by atoms with Gasteiger partial charge in [0.15, 0.2) is 0 Å². The maximum absolute atomic E-state index is 13.7. The molecule has 0 aliphatic rings. The van der Waals surface area contributed by atoms with Crippen LogP contribution in [0.25, 0.3) is 10.9 Å². The van der Waals surface area contributed by atoms with Gasteiger partial charge in [-0.05, 0) is 60.7 Å². The van der Waals surface area contributed by atoms with E-state index in [1.54, 1.807) is 17.0 Å². The van der Waals surface area contributed by atoms with E-state index >= 15 is 0 Å². The lowest BCUT2D eigenvalue weighted by Crippen LogP contribution is -2.44. The van der Waals surface area contributed by atoms with Crippen LogP contribution in [0.15, 0.2) is 83.5 Å². The number of benzene rings is 3. The van der Waals surface area contributed by atoms with E-state index in [0.717, 1.165) is 22.0 Å². The van der Waals surface area contributed by atoms with Crippen LogP contribution in [0.1, 0.15) is 40.9 Å². The van der Waals surface area contributed by atoms with Crippen molar-refractivity contribution in [2.45, 2.75) is 33.7 Å². The Bertz CT molecular complexity index is 1340. The summed E-state index contributed by atoms with van der Waals surface area (Å²) < 4.78 is 0.914. The molecule has 192 valence electrons. The summed E-state index contributed by atoms with van der Waals surface area (Å²) >= 11 is 3.43. The molecule has 37 heavy (non-hydrogen) atoms. The third-order valence-corrected chi connectivity index (χ3v) is 6.99. The lowest BCUT2D eigenvalue weighted by Gasteiger charge is -2.29. The number of aryl methyl sites for hydroxylation is 1. The molecule has 0 unspecified atom stereocenters. The van der Waals surface area contributed by atoms with Gasteiger partial charge in [-0.2, -0.15) is 0 Å². The maximum atomic E-state index is 13.7. The molecule has 4 rings (SSSR count). The highest BCUT2D eigenvalue weighted by Gasteiger charge is 2.23. The topological polar surface area (TPSA) is 56.4 Å². The third-order valence-electron chi connectivity index (χ3n) is 6.46. The van der Waals surface area contributed by atoms with Crippen molar-refractivity contribution in [1.82, 2.24) is 14.8 Å². The van der Waals surface area contributed by atoms with E-state index in [2.05, 4.69) is 78.1 Å². The number of amides is 2. The number of carbonyl (C=O) groups is 2. The van der Waals surface area contributed by atoms with E-state index in [1.807, 2.05) is 35.4 Å². The molecule has 0 saturated carbocycles. The van der Waals surface area contributed by atoms with Crippen molar-refractivity contribution in [3.05, 3.63) is 106 Å². The van der Waals surface area contributed by atoms with Crippen molar-refractivity contribution in [3.8, 4) is 0 Å². The minimum absolute atomic E-state index is 0.0484.